The predicted octanol–water partition coefficient (Wildman–Crippen LogP) is 2.33. The maximum absolute atomic E-state index is 10.8. The summed E-state index contributed by atoms with van der Waals surface area (Å²) in [5.74, 6) is 5.94. The van der Waals surface area contributed by atoms with Gasteiger partial charge in [0.25, 0.3) is 5.69 Å². The summed E-state index contributed by atoms with van der Waals surface area (Å²) in [6, 6.07) is 4.81. The molecule has 7 nitrogen and oxygen atoms in total. The molecule has 0 spiro atoms. The van der Waals surface area contributed by atoms with Crippen molar-refractivity contribution in [1.29, 1.82) is 0 Å². The van der Waals surface area contributed by atoms with Crippen molar-refractivity contribution < 1.29 is 4.92 Å². The summed E-state index contributed by atoms with van der Waals surface area (Å²) in [4.78, 5) is 10.3. The molecule has 2 rings (SSSR count). The second-order valence-electron chi connectivity index (χ2n) is 3.63. The van der Waals surface area contributed by atoms with Crippen LogP contribution in [0.3, 0.4) is 0 Å². The van der Waals surface area contributed by atoms with Gasteiger partial charge < -0.3 is 5.43 Å². The molecule has 0 aliphatic rings. The third-order valence-electron chi connectivity index (χ3n) is 2.28. The molecule has 0 bridgehead atoms. The van der Waals surface area contributed by atoms with E-state index >= 15 is 0 Å². The number of nitro groups is 1. The Morgan fingerprint density at radius 3 is 2.89 bits per heavy atom. The van der Waals surface area contributed by atoms with Crippen molar-refractivity contribution in [3.8, 4) is 0 Å². The Morgan fingerprint density at radius 1 is 1.53 bits per heavy atom. The third kappa shape index (κ3) is 3.40. The molecule has 19 heavy (non-hydrogen) atoms. The highest BCUT2D eigenvalue weighted by Gasteiger charge is 2.13. The number of nitrogen functional groups attached to an aromatic ring is 1. The summed E-state index contributed by atoms with van der Waals surface area (Å²) in [7, 11) is 0. The molecule has 0 aliphatic heterocycles. The average Bonchev–Trinajstić information content (AvgIpc) is 2.81. The van der Waals surface area contributed by atoms with E-state index < -0.39 is 4.92 Å². The number of anilines is 1. The Morgan fingerprint density at radius 2 is 2.32 bits per heavy atom. The molecule has 0 fully saturated rings. The summed E-state index contributed by atoms with van der Waals surface area (Å²) in [6.45, 7) is 1.89. The van der Waals surface area contributed by atoms with Crippen molar-refractivity contribution in [2.45, 2.75) is 17.0 Å². The van der Waals surface area contributed by atoms with Gasteiger partial charge in [0, 0.05) is 11.8 Å². The van der Waals surface area contributed by atoms with E-state index in [9.17, 15) is 10.1 Å². The number of benzene rings is 1. The quantitative estimate of drug-likeness (QED) is 0.377. The minimum atomic E-state index is -0.472. The van der Waals surface area contributed by atoms with Crippen molar-refractivity contribution in [2.75, 3.05) is 5.43 Å². The van der Waals surface area contributed by atoms with Crippen LogP contribution in [0.5, 0.6) is 0 Å². The molecule has 1 heterocycles. The fraction of sp³-hybridized carbons (Fsp3) is 0.200. The van der Waals surface area contributed by atoms with Gasteiger partial charge in [-0.1, -0.05) is 29.2 Å². The molecule has 1 aromatic heterocycles. The van der Waals surface area contributed by atoms with E-state index in [1.807, 2.05) is 6.92 Å². The Balaban J connectivity index is 2.11. The molecular weight excluding hydrogens is 286 g/mol. The number of hydrogen-bond acceptors (Lipinski definition) is 8. The van der Waals surface area contributed by atoms with E-state index in [1.54, 1.807) is 12.1 Å². The first-order valence-electron chi connectivity index (χ1n) is 5.27. The maximum Gasteiger partial charge on any atom is 0.293 e. The van der Waals surface area contributed by atoms with Crippen LogP contribution >= 0.6 is 23.1 Å². The van der Waals surface area contributed by atoms with Crippen molar-refractivity contribution in [3.05, 3.63) is 38.9 Å². The Labute approximate surface area is 117 Å². The van der Waals surface area contributed by atoms with Gasteiger partial charge in [-0.3, -0.25) is 16.0 Å². The zero-order valence-corrected chi connectivity index (χ0v) is 11.6. The van der Waals surface area contributed by atoms with E-state index in [-0.39, 0.29) is 5.69 Å². The van der Waals surface area contributed by atoms with Crippen LogP contribution in [0.4, 0.5) is 11.4 Å². The summed E-state index contributed by atoms with van der Waals surface area (Å²) in [6.07, 6.45) is 0. The molecule has 100 valence electrons. The number of hydrazine groups is 1. The lowest BCUT2D eigenvalue weighted by Crippen LogP contribution is -2.09. The SMILES string of the molecule is Cc1nnc(SCc2ccc([N+](=O)[O-])c(NN)c2)s1. The van der Waals surface area contributed by atoms with Crippen molar-refractivity contribution in [1.82, 2.24) is 10.2 Å². The van der Waals surface area contributed by atoms with Crippen LogP contribution in [-0.2, 0) is 5.75 Å². The fourth-order valence-corrected chi connectivity index (χ4v) is 3.19. The lowest BCUT2D eigenvalue weighted by Gasteiger charge is -2.04. The first-order valence-corrected chi connectivity index (χ1v) is 7.07. The molecule has 0 unspecified atom stereocenters. The average molecular weight is 297 g/mol. The summed E-state index contributed by atoms with van der Waals surface area (Å²) < 4.78 is 0.873. The molecule has 0 atom stereocenters. The second kappa shape index (κ2) is 5.95. The fourth-order valence-electron chi connectivity index (χ4n) is 1.43. The lowest BCUT2D eigenvalue weighted by molar-refractivity contribution is -0.384. The van der Waals surface area contributed by atoms with Crippen molar-refractivity contribution >= 4 is 34.5 Å². The molecule has 3 N–H and O–H groups in total. The zero-order chi connectivity index (χ0) is 13.8. The van der Waals surface area contributed by atoms with E-state index in [0.29, 0.717) is 11.4 Å². The summed E-state index contributed by atoms with van der Waals surface area (Å²) in [5.41, 5.74) is 3.53. The van der Waals surface area contributed by atoms with E-state index in [0.717, 1.165) is 14.9 Å². The summed E-state index contributed by atoms with van der Waals surface area (Å²) >= 11 is 3.05. The minimum Gasteiger partial charge on any atom is -0.318 e. The van der Waals surface area contributed by atoms with Crippen LogP contribution in [0, 0.1) is 17.0 Å². The molecule has 9 heteroatoms. The number of thioether (sulfide) groups is 1. The smallest absolute Gasteiger partial charge is 0.293 e. The van der Waals surface area contributed by atoms with Crippen LogP contribution in [0.25, 0.3) is 0 Å². The molecule has 0 saturated carbocycles. The van der Waals surface area contributed by atoms with Gasteiger partial charge in [0.05, 0.1) is 4.92 Å². The number of nitrogens with two attached hydrogens (primary N) is 1. The van der Waals surface area contributed by atoms with Crippen LogP contribution in [0.1, 0.15) is 10.6 Å². The highest BCUT2D eigenvalue weighted by molar-refractivity contribution is 8.00. The molecule has 0 aliphatic carbocycles. The molecule has 0 radical (unpaired) electrons. The van der Waals surface area contributed by atoms with Crippen LogP contribution in [0.2, 0.25) is 0 Å². The number of nitrogens with one attached hydrogen (secondary N) is 1. The highest BCUT2D eigenvalue weighted by Crippen LogP contribution is 2.29. The Hall–Kier alpha value is -1.71. The highest BCUT2D eigenvalue weighted by atomic mass is 32.2. The second-order valence-corrected chi connectivity index (χ2v) is 6.03. The summed E-state index contributed by atoms with van der Waals surface area (Å²) in [5, 5.41) is 19.6. The number of aryl methyl sites for hydroxylation is 1. The Bertz CT molecular complexity index is 601. The largest absolute Gasteiger partial charge is 0.318 e. The number of aromatic nitrogens is 2. The van der Waals surface area contributed by atoms with Crippen LogP contribution < -0.4 is 11.3 Å². The van der Waals surface area contributed by atoms with Crippen molar-refractivity contribution in [3.63, 3.8) is 0 Å². The van der Waals surface area contributed by atoms with Crippen molar-refractivity contribution in [2.24, 2.45) is 5.84 Å². The van der Waals surface area contributed by atoms with E-state index in [2.05, 4.69) is 15.6 Å². The molecule has 1 aromatic carbocycles. The monoisotopic (exact) mass is 297 g/mol. The van der Waals surface area contributed by atoms with Gasteiger partial charge in [-0.25, -0.2) is 0 Å². The Kier molecular flexibility index (Phi) is 4.30. The first kappa shape index (κ1) is 13.7. The van der Waals surface area contributed by atoms with Gasteiger partial charge in [-0.2, -0.15) is 0 Å². The number of nitrogens with zero attached hydrogens (tertiary/aromatic N) is 3. The standard InChI is InChI=1S/C10H11N5O2S2/c1-6-13-14-10(19-6)18-5-7-2-3-9(15(16)17)8(4-7)12-11/h2-4,12H,5,11H2,1H3. The molecular formula is C10H11N5O2S2. The van der Waals surface area contributed by atoms with Crippen LogP contribution in [0.15, 0.2) is 22.5 Å². The minimum absolute atomic E-state index is 0.0389. The maximum atomic E-state index is 10.8. The van der Waals surface area contributed by atoms with Gasteiger partial charge in [-0.05, 0) is 18.6 Å². The first-order chi connectivity index (χ1) is 9.10. The number of nitro benzene ring substituents is 1. The normalized spacial score (nSPS) is 10.4. The third-order valence-corrected chi connectivity index (χ3v) is 4.33. The topological polar surface area (TPSA) is 107 Å². The number of hydrogen-bond donors (Lipinski definition) is 2. The molecule has 2 aromatic rings. The van der Waals surface area contributed by atoms with Crippen LogP contribution in [-0.4, -0.2) is 15.1 Å². The van der Waals surface area contributed by atoms with Gasteiger partial charge in [0.15, 0.2) is 4.34 Å². The van der Waals surface area contributed by atoms with Gasteiger partial charge in [-0.15, -0.1) is 10.2 Å². The predicted molar refractivity (Wildman–Crippen MR) is 75.1 cm³/mol. The zero-order valence-electron chi connectivity index (χ0n) is 9.99. The molecule has 0 amide bonds. The lowest BCUT2D eigenvalue weighted by atomic mass is 10.2. The van der Waals surface area contributed by atoms with Gasteiger partial charge in [0.2, 0.25) is 0 Å². The van der Waals surface area contributed by atoms with E-state index in [1.165, 1.54) is 29.2 Å². The van der Waals surface area contributed by atoms with Gasteiger partial charge >= 0.3 is 0 Å². The van der Waals surface area contributed by atoms with E-state index in [4.69, 9.17) is 5.84 Å². The van der Waals surface area contributed by atoms with Gasteiger partial charge in [0.1, 0.15) is 10.7 Å². The number of rotatable bonds is 5. The molecule has 0 saturated heterocycles.